The minimum absolute atomic E-state index is 0.626. The summed E-state index contributed by atoms with van der Waals surface area (Å²) in [5, 5.41) is 17.9. The standard InChI is InChI=1S/C7H14O3/c1-6(2,3)7(4,10)5(8)9/h10H,1-4H3,(H,8,9)/t7-/m0/s1. The van der Waals surface area contributed by atoms with Crippen molar-refractivity contribution in [1.82, 2.24) is 0 Å². The zero-order valence-corrected chi connectivity index (χ0v) is 6.80. The van der Waals surface area contributed by atoms with Crippen molar-refractivity contribution in [3.63, 3.8) is 0 Å². The third kappa shape index (κ3) is 1.48. The molecule has 0 amide bonds. The van der Waals surface area contributed by atoms with E-state index >= 15 is 0 Å². The van der Waals surface area contributed by atoms with E-state index in [0.717, 1.165) is 0 Å². The van der Waals surface area contributed by atoms with Gasteiger partial charge in [-0.3, -0.25) is 0 Å². The van der Waals surface area contributed by atoms with Gasteiger partial charge in [0.1, 0.15) is 0 Å². The third-order valence-electron chi connectivity index (χ3n) is 1.88. The van der Waals surface area contributed by atoms with Gasteiger partial charge in [0.2, 0.25) is 0 Å². The predicted molar refractivity (Wildman–Crippen MR) is 37.7 cm³/mol. The highest BCUT2D eigenvalue weighted by molar-refractivity contribution is 5.77. The maximum atomic E-state index is 10.4. The third-order valence-corrected chi connectivity index (χ3v) is 1.88. The molecule has 60 valence electrons. The number of hydrogen-bond donors (Lipinski definition) is 2. The van der Waals surface area contributed by atoms with Gasteiger partial charge in [0.15, 0.2) is 5.60 Å². The first-order valence-corrected chi connectivity index (χ1v) is 3.15. The number of rotatable bonds is 1. The lowest BCUT2D eigenvalue weighted by Crippen LogP contribution is -2.47. The number of aliphatic carboxylic acids is 1. The van der Waals surface area contributed by atoms with Crippen LogP contribution in [0.1, 0.15) is 27.7 Å². The molecule has 0 aromatic carbocycles. The molecular formula is C7H14O3. The van der Waals surface area contributed by atoms with Crippen LogP contribution >= 0.6 is 0 Å². The van der Waals surface area contributed by atoms with E-state index in [4.69, 9.17) is 5.11 Å². The van der Waals surface area contributed by atoms with Gasteiger partial charge in [0, 0.05) is 5.41 Å². The summed E-state index contributed by atoms with van der Waals surface area (Å²) in [7, 11) is 0. The molecule has 3 heteroatoms. The number of carboxylic acid groups (broad SMARTS) is 1. The lowest BCUT2D eigenvalue weighted by molar-refractivity contribution is -0.168. The largest absolute Gasteiger partial charge is 0.479 e. The molecule has 0 aliphatic rings. The quantitative estimate of drug-likeness (QED) is 0.577. The van der Waals surface area contributed by atoms with Crippen molar-refractivity contribution < 1.29 is 15.0 Å². The SMILES string of the molecule is CC(C)(C)[C@@](C)(O)C(=O)O. The van der Waals surface area contributed by atoms with E-state index in [-0.39, 0.29) is 0 Å². The van der Waals surface area contributed by atoms with Crippen molar-refractivity contribution in [3.8, 4) is 0 Å². The molecule has 0 aromatic rings. The summed E-state index contributed by atoms with van der Waals surface area (Å²) in [5.74, 6) is -1.18. The number of carbonyl (C=O) groups is 1. The molecule has 0 spiro atoms. The molecule has 0 aromatic heterocycles. The lowest BCUT2D eigenvalue weighted by atomic mass is 9.78. The Morgan fingerprint density at radius 1 is 1.20 bits per heavy atom. The smallest absolute Gasteiger partial charge is 0.335 e. The van der Waals surface area contributed by atoms with E-state index in [1.54, 1.807) is 20.8 Å². The Labute approximate surface area is 60.7 Å². The predicted octanol–water partition coefficient (Wildman–Crippen LogP) is 0.868. The van der Waals surface area contributed by atoms with Gasteiger partial charge in [0.25, 0.3) is 0 Å². The van der Waals surface area contributed by atoms with Gasteiger partial charge >= 0.3 is 5.97 Å². The molecule has 0 aliphatic heterocycles. The minimum atomic E-state index is -1.65. The monoisotopic (exact) mass is 146 g/mol. The van der Waals surface area contributed by atoms with Crippen LogP contribution in [0.3, 0.4) is 0 Å². The van der Waals surface area contributed by atoms with Gasteiger partial charge in [-0.1, -0.05) is 20.8 Å². The van der Waals surface area contributed by atoms with Crippen molar-refractivity contribution >= 4 is 5.97 Å². The molecule has 10 heavy (non-hydrogen) atoms. The molecule has 0 bridgehead atoms. The normalized spacial score (nSPS) is 18.1. The van der Waals surface area contributed by atoms with Crippen LogP contribution in [0.25, 0.3) is 0 Å². The topological polar surface area (TPSA) is 57.5 Å². The highest BCUT2D eigenvalue weighted by Gasteiger charge is 2.42. The highest BCUT2D eigenvalue weighted by atomic mass is 16.4. The molecule has 1 atom stereocenters. The van der Waals surface area contributed by atoms with E-state index in [1.165, 1.54) is 6.92 Å². The Morgan fingerprint density at radius 2 is 1.50 bits per heavy atom. The molecule has 3 nitrogen and oxygen atoms in total. The van der Waals surface area contributed by atoms with Crippen molar-refractivity contribution in [2.24, 2.45) is 5.41 Å². The van der Waals surface area contributed by atoms with Gasteiger partial charge in [-0.25, -0.2) is 4.79 Å². The molecule has 0 fully saturated rings. The average molecular weight is 146 g/mol. The second kappa shape index (κ2) is 2.23. The summed E-state index contributed by atoms with van der Waals surface area (Å²) in [6, 6.07) is 0. The van der Waals surface area contributed by atoms with E-state index in [0.29, 0.717) is 0 Å². The molecule has 0 heterocycles. The molecule has 0 unspecified atom stereocenters. The summed E-state index contributed by atoms with van der Waals surface area (Å²) in [5.41, 5.74) is -2.27. The first kappa shape index (κ1) is 9.43. The Balaban J connectivity index is 4.57. The van der Waals surface area contributed by atoms with E-state index in [1.807, 2.05) is 0 Å². The van der Waals surface area contributed by atoms with Crippen LogP contribution in [0.2, 0.25) is 0 Å². The maximum absolute atomic E-state index is 10.4. The molecular weight excluding hydrogens is 132 g/mol. The molecule has 0 aliphatic carbocycles. The van der Waals surface area contributed by atoms with Crippen molar-refractivity contribution in [2.75, 3.05) is 0 Å². The van der Waals surface area contributed by atoms with Crippen molar-refractivity contribution in [2.45, 2.75) is 33.3 Å². The minimum Gasteiger partial charge on any atom is -0.479 e. The highest BCUT2D eigenvalue weighted by Crippen LogP contribution is 2.29. The van der Waals surface area contributed by atoms with Crippen LogP contribution in [-0.4, -0.2) is 21.8 Å². The molecule has 0 saturated carbocycles. The Hall–Kier alpha value is -0.570. The fourth-order valence-electron chi connectivity index (χ4n) is 0.321. The van der Waals surface area contributed by atoms with Crippen molar-refractivity contribution in [3.05, 3.63) is 0 Å². The first-order valence-electron chi connectivity index (χ1n) is 3.15. The van der Waals surface area contributed by atoms with E-state index < -0.39 is 17.0 Å². The van der Waals surface area contributed by atoms with Gasteiger partial charge < -0.3 is 10.2 Å². The number of hydrogen-bond acceptors (Lipinski definition) is 2. The fourth-order valence-corrected chi connectivity index (χ4v) is 0.321. The zero-order chi connectivity index (χ0) is 8.58. The van der Waals surface area contributed by atoms with Crippen LogP contribution in [0.4, 0.5) is 0 Å². The molecule has 0 saturated heterocycles. The molecule has 0 rings (SSSR count). The summed E-state index contributed by atoms with van der Waals surface area (Å²) < 4.78 is 0. The van der Waals surface area contributed by atoms with Crippen molar-refractivity contribution in [1.29, 1.82) is 0 Å². The van der Waals surface area contributed by atoms with Gasteiger partial charge in [0.05, 0.1) is 0 Å². The average Bonchev–Trinajstić information content (AvgIpc) is 1.62. The van der Waals surface area contributed by atoms with E-state index in [9.17, 15) is 9.90 Å². The van der Waals surface area contributed by atoms with Gasteiger partial charge in [-0.05, 0) is 6.92 Å². The Kier molecular flexibility index (Phi) is 2.11. The van der Waals surface area contributed by atoms with Crippen LogP contribution in [-0.2, 0) is 4.79 Å². The Morgan fingerprint density at radius 3 is 1.50 bits per heavy atom. The summed E-state index contributed by atoms with van der Waals surface area (Å²) >= 11 is 0. The first-order chi connectivity index (χ1) is 4.19. The molecule has 0 radical (unpaired) electrons. The lowest BCUT2D eigenvalue weighted by Gasteiger charge is -2.32. The number of carboxylic acids is 1. The Bertz CT molecular complexity index is 141. The summed E-state index contributed by atoms with van der Waals surface area (Å²) in [4.78, 5) is 10.4. The molecule has 2 N–H and O–H groups in total. The zero-order valence-electron chi connectivity index (χ0n) is 6.80. The van der Waals surface area contributed by atoms with Crippen LogP contribution < -0.4 is 0 Å². The second-order valence-corrected chi connectivity index (χ2v) is 3.63. The number of aliphatic hydroxyl groups is 1. The van der Waals surface area contributed by atoms with Gasteiger partial charge in [-0.2, -0.15) is 0 Å². The van der Waals surface area contributed by atoms with E-state index in [2.05, 4.69) is 0 Å². The maximum Gasteiger partial charge on any atom is 0.335 e. The fraction of sp³-hybridized carbons (Fsp3) is 0.857. The summed E-state index contributed by atoms with van der Waals surface area (Å²) in [6.45, 7) is 6.35. The van der Waals surface area contributed by atoms with Gasteiger partial charge in [-0.15, -0.1) is 0 Å². The van der Waals surface area contributed by atoms with Crippen LogP contribution in [0.5, 0.6) is 0 Å². The summed E-state index contributed by atoms with van der Waals surface area (Å²) in [6.07, 6.45) is 0. The van der Waals surface area contributed by atoms with Crippen LogP contribution in [0.15, 0.2) is 0 Å². The van der Waals surface area contributed by atoms with Crippen LogP contribution in [0, 0.1) is 5.41 Å². The second-order valence-electron chi connectivity index (χ2n) is 3.63.